The van der Waals surface area contributed by atoms with E-state index in [1.165, 1.54) is 21.2 Å². The van der Waals surface area contributed by atoms with Crippen molar-refractivity contribution in [1.82, 2.24) is 0 Å². The Morgan fingerprint density at radius 3 is 1.14 bits per heavy atom. The summed E-state index contributed by atoms with van der Waals surface area (Å²) in [6.07, 6.45) is 0. The number of carbonyl (C=O) groups excluding carboxylic acids is 1. The third-order valence-electron chi connectivity index (χ3n) is 5.09. The number of benzene rings is 4. The largest absolute Gasteiger partial charge is 0.295 e. The van der Waals surface area contributed by atoms with Crippen LogP contribution in [0.3, 0.4) is 0 Å². The number of Topliss-reactive ketones (excluding diaryl/α,β-unsaturated/α-hetero) is 1. The highest BCUT2D eigenvalue weighted by atomic mass is 31.2. The maximum absolute atomic E-state index is 11.8. The normalized spacial score (nSPS) is 11.2. The molecule has 4 aromatic carbocycles. The molecule has 4 aromatic rings. The van der Waals surface area contributed by atoms with Crippen molar-refractivity contribution in [1.29, 1.82) is 0 Å². The van der Waals surface area contributed by atoms with Crippen LogP contribution in [0.25, 0.3) is 0 Å². The third-order valence-corrected chi connectivity index (χ3v) is 9.38. The number of ketones is 1. The summed E-state index contributed by atoms with van der Waals surface area (Å²) in [6, 6.07) is 40.4. The second kappa shape index (κ2) is 7.92. The summed E-state index contributed by atoms with van der Waals surface area (Å²) >= 11 is 0. The Balaban J connectivity index is 2.08. The minimum atomic E-state index is -2.07. The van der Waals surface area contributed by atoms with Crippen LogP contribution in [0.15, 0.2) is 115 Å². The minimum Gasteiger partial charge on any atom is -0.295 e. The Morgan fingerprint density at radius 1 is 0.500 bits per heavy atom. The van der Waals surface area contributed by atoms with Gasteiger partial charge in [-0.05, 0) is 67.6 Å². The molecule has 0 N–H and O–H groups in total. The predicted molar refractivity (Wildman–Crippen MR) is 121 cm³/mol. The summed E-state index contributed by atoms with van der Waals surface area (Å²) in [7, 11) is -2.07. The van der Waals surface area contributed by atoms with Gasteiger partial charge in [-0.3, -0.25) is 4.79 Å². The van der Waals surface area contributed by atoms with Gasteiger partial charge in [-0.25, -0.2) is 0 Å². The summed E-state index contributed by atoms with van der Waals surface area (Å²) in [6.45, 7) is 1.61. The first kappa shape index (κ1) is 18.3. The molecular formula is C26H22OP+. The predicted octanol–water partition coefficient (Wildman–Crippen LogP) is 4.51. The third kappa shape index (κ3) is 3.19. The average molecular weight is 381 g/mol. The Bertz CT molecular complexity index is 959. The van der Waals surface area contributed by atoms with Crippen LogP contribution in [0, 0.1) is 0 Å². The van der Waals surface area contributed by atoms with Gasteiger partial charge in [-0.1, -0.05) is 54.6 Å². The van der Waals surface area contributed by atoms with Crippen LogP contribution in [0.5, 0.6) is 0 Å². The molecule has 0 amide bonds. The molecule has 0 radical (unpaired) electrons. The van der Waals surface area contributed by atoms with Gasteiger partial charge in [0.15, 0.2) is 5.78 Å². The van der Waals surface area contributed by atoms with Crippen molar-refractivity contribution < 1.29 is 4.79 Å². The van der Waals surface area contributed by atoms with Gasteiger partial charge in [0.25, 0.3) is 0 Å². The van der Waals surface area contributed by atoms with Crippen LogP contribution in [-0.2, 0) is 0 Å². The quantitative estimate of drug-likeness (QED) is 0.367. The summed E-state index contributed by atoms with van der Waals surface area (Å²) in [5, 5.41) is 5.18. The highest BCUT2D eigenvalue weighted by Gasteiger charge is 2.47. The van der Waals surface area contributed by atoms with Gasteiger partial charge in [0.2, 0.25) is 0 Å². The van der Waals surface area contributed by atoms with E-state index in [0.29, 0.717) is 0 Å². The molecule has 2 heteroatoms. The van der Waals surface area contributed by atoms with Crippen LogP contribution in [-0.4, -0.2) is 5.78 Å². The van der Waals surface area contributed by atoms with E-state index in [4.69, 9.17) is 0 Å². The van der Waals surface area contributed by atoms with Crippen molar-refractivity contribution in [3.63, 3.8) is 0 Å². The summed E-state index contributed by atoms with van der Waals surface area (Å²) < 4.78 is 0. The van der Waals surface area contributed by atoms with Gasteiger partial charge in [0.05, 0.1) is 0 Å². The van der Waals surface area contributed by atoms with Crippen molar-refractivity contribution in [2.75, 3.05) is 0 Å². The lowest BCUT2D eigenvalue weighted by atomic mass is 10.2. The van der Waals surface area contributed by atoms with Crippen molar-refractivity contribution >= 4 is 34.3 Å². The van der Waals surface area contributed by atoms with E-state index in [0.717, 1.165) is 5.56 Å². The lowest BCUT2D eigenvalue weighted by Gasteiger charge is -2.27. The molecule has 28 heavy (non-hydrogen) atoms. The fourth-order valence-corrected chi connectivity index (χ4v) is 8.01. The topological polar surface area (TPSA) is 17.1 Å². The molecule has 0 heterocycles. The van der Waals surface area contributed by atoms with Crippen molar-refractivity contribution in [3.05, 3.63) is 121 Å². The number of hydrogen-bond donors (Lipinski definition) is 0. The molecule has 4 rings (SSSR count). The molecule has 0 atom stereocenters. The van der Waals surface area contributed by atoms with Gasteiger partial charge >= 0.3 is 0 Å². The van der Waals surface area contributed by atoms with Gasteiger partial charge < -0.3 is 0 Å². The Morgan fingerprint density at radius 2 is 0.821 bits per heavy atom. The van der Waals surface area contributed by atoms with E-state index in [2.05, 4.69) is 103 Å². The molecule has 0 unspecified atom stereocenters. The Hall–Kier alpha value is -3.02. The smallest absolute Gasteiger partial charge is 0.159 e. The van der Waals surface area contributed by atoms with Crippen molar-refractivity contribution in [2.24, 2.45) is 0 Å². The zero-order valence-corrected chi connectivity index (χ0v) is 16.7. The van der Waals surface area contributed by atoms with E-state index < -0.39 is 7.26 Å². The van der Waals surface area contributed by atoms with Gasteiger partial charge in [0, 0.05) is 5.56 Å². The Labute approximate surface area is 167 Å². The summed E-state index contributed by atoms with van der Waals surface area (Å²) in [5.41, 5.74) is 0.746. The molecule has 136 valence electrons. The van der Waals surface area contributed by atoms with Crippen molar-refractivity contribution in [2.45, 2.75) is 6.92 Å². The second-order valence-electron chi connectivity index (χ2n) is 6.78. The van der Waals surface area contributed by atoms with Crippen LogP contribution < -0.4 is 21.2 Å². The van der Waals surface area contributed by atoms with E-state index in [1.807, 2.05) is 12.1 Å². The monoisotopic (exact) mass is 381 g/mol. The molecule has 0 aliphatic heterocycles. The maximum atomic E-state index is 11.8. The standard InChI is InChI=1S/C26H22OP/c1-21(27)22-17-19-26(20-18-22)28(23-11-5-2-6-12-23,24-13-7-3-8-14-24)25-15-9-4-10-16-25/h2-20H,1H3/q+1. The number of rotatable bonds is 5. The maximum Gasteiger partial charge on any atom is 0.159 e. The molecule has 1 nitrogen and oxygen atoms in total. The number of carbonyl (C=O) groups is 1. The van der Waals surface area contributed by atoms with Crippen LogP contribution >= 0.6 is 7.26 Å². The molecule has 0 aromatic heterocycles. The molecule has 0 spiro atoms. The van der Waals surface area contributed by atoms with Crippen molar-refractivity contribution in [3.8, 4) is 0 Å². The fourth-order valence-electron chi connectivity index (χ4n) is 3.77. The molecule has 0 aliphatic carbocycles. The highest BCUT2D eigenvalue weighted by Crippen LogP contribution is 2.54. The molecule has 0 fully saturated rings. The molecule has 0 saturated heterocycles. The van der Waals surface area contributed by atoms with Crippen LogP contribution in [0.4, 0.5) is 0 Å². The molecule has 0 saturated carbocycles. The fraction of sp³-hybridized carbons (Fsp3) is 0.0385. The highest BCUT2D eigenvalue weighted by molar-refractivity contribution is 8.01. The van der Waals surface area contributed by atoms with Gasteiger partial charge in [-0.15, -0.1) is 0 Å². The second-order valence-corrected chi connectivity index (χ2v) is 10.2. The van der Waals surface area contributed by atoms with Crippen LogP contribution in [0.1, 0.15) is 17.3 Å². The lowest BCUT2D eigenvalue weighted by Crippen LogP contribution is -2.38. The zero-order valence-electron chi connectivity index (χ0n) is 15.8. The molecule has 0 bridgehead atoms. The van der Waals surface area contributed by atoms with Gasteiger partial charge in [-0.2, -0.15) is 0 Å². The first-order valence-corrected chi connectivity index (χ1v) is 11.2. The van der Waals surface area contributed by atoms with E-state index >= 15 is 0 Å². The minimum absolute atomic E-state index is 0.0922. The van der Waals surface area contributed by atoms with E-state index in [9.17, 15) is 4.79 Å². The zero-order chi connectivity index (χ0) is 19.4. The molecule has 0 aliphatic rings. The van der Waals surface area contributed by atoms with Gasteiger partial charge in [0.1, 0.15) is 28.5 Å². The average Bonchev–Trinajstić information content (AvgIpc) is 2.77. The Kier molecular flexibility index (Phi) is 5.19. The first-order valence-electron chi connectivity index (χ1n) is 9.40. The first-order chi connectivity index (χ1) is 13.7. The SMILES string of the molecule is CC(=O)c1ccc([P+](c2ccccc2)(c2ccccc2)c2ccccc2)cc1. The van der Waals surface area contributed by atoms with E-state index in [1.54, 1.807) is 6.92 Å². The summed E-state index contributed by atoms with van der Waals surface area (Å²) in [5.74, 6) is 0.0922. The number of hydrogen-bond acceptors (Lipinski definition) is 1. The van der Waals surface area contributed by atoms with Crippen LogP contribution in [0.2, 0.25) is 0 Å². The molecular weight excluding hydrogens is 359 g/mol. The lowest BCUT2D eigenvalue weighted by molar-refractivity contribution is 0.101. The summed E-state index contributed by atoms with van der Waals surface area (Å²) in [4.78, 5) is 11.8. The van der Waals surface area contributed by atoms with E-state index in [-0.39, 0.29) is 5.78 Å².